The molecule has 2 aromatic carbocycles. The van der Waals surface area contributed by atoms with Gasteiger partial charge in [-0.05, 0) is 43.0 Å². The molecule has 1 fully saturated rings. The molecule has 2 unspecified atom stereocenters. The lowest BCUT2D eigenvalue weighted by atomic mass is 9.78. The Morgan fingerprint density at radius 1 is 1.00 bits per heavy atom. The molecule has 8 nitrogen and oxygen atoms in total. The number of rotatable bonds is 5. The predicted molar refractivity (Wildman–Crippen MR) is 120 cm³/mol. The number of amides is 2. The Hall–Kier alpha value is -3.55. The lowest BCUT2D eigenvalue weighted by molar-refractivity contribution is -0.156. The molecule has 1 saturated carbocycles. The van der Waals surface area contributed by atoms with Crippen molar-refractivity contribution in [3.63, 3.8) is 0 Å². The molecule has 33 heavy (non-hydrogen) atoms. The average molecular weight is 450 g/mol. The van der Waals surface area contributed by atoms with E-state index in [-0.39, 0.29) is 12.7 Å². The standard InChI is InChI=1S/C25H26N2O6/c28-23(26-17-9-10-21-22(13-17)33-15-32-21)14-31-25(30)19-7-3-2-6-18(19)24(29)27-12-11-16-5-1-4-8-20(16)27/h1,4-5,8-10,13,18-19H,2-3,6-7,11-12,14-15H2,(H,26,28). The van der Waals surface area contributed by atoms with Gasteiger partial charge in [0.05, 0.1) is 11.8 Å². The highest BCUT2D eigenvalue weighted by molar-refractivity contribution is 5.99. The van der Waals surface area contributed by atoms with Crippen LogP contribution in [0.2, 0.25) is 0 Å². The molecule has 5 rings (SSSR count). The van der Waals surface area contributed by atoms with Crippen LogP contribution in [0.3, 0.4) is 0 Å². The third kappa shape index (κ3) is 4.37. The van der Waals surface area contributed by atoms with Crippen molar-refractivity contribution in [1.82, 2.24) is 0 Å². The number of carbonyl (C=O) groups excluding carboxylic acids is 3. The maximum Gasteiger partial charge on any atom is 0.310 e. The van der Waals surface area contributed by atoms with Crippen molar-refractivity contribution in [2.75, 3.05) is 30.2 Å². The first-order valence-corrected chi connectivity index (χ1v) is 11.4. The van der Waals surface area contributed by atoms with E-state index in [0.717, 1.165) is 30.5 Å². The number of nitrogens with one attached hydrogen (secondary N) is 1. The van der Waals surface area contributed by atoms with Crippen molar-refractivity contribution in [1.29, 1.82) is 0 Å². The summed E-state index contributed by atoms with van der Waals surface area (Å²) in [7, 11) is 0. The summed E-state index contributed by atoms with van der Waals surface area (Å²) in [6.07, 6.45) is 3.84. The van der Waals surface area contributed by atoms with Crippen LogP contribution in [-0.2, 0) is 25.5 Å². The van der Waals surface area contributed by atoms with E-state index >= 15 is 0 Å². The second-order valence-electron chi connectivity index (χ2n) is 8.59. The van der Waals surface area contributed by atoms with E-state index in [1.807, 2.05) is 24.3 Å². The van der Waals surface area contributed by atoms with Gasteiger partial charge in [-0.2, -0.15) is 0 Å². The van der Waals surface area contributed by atoms with Crippen LogP contribution in [0.25, 0.3) is 0 Å². The van der Waals surface area contributed by atoms with E-state index in [4.69, 9.17) is 14.2 Å². The van der Waals surface area contributed by atoms with E-state index in [2.05, 4.69) is 5.32 Å². The summed E-state index contributed by atoms with van der Waals surface area (Å²) in [5, 5.41) is 2.69. The fraction of sp³-hybridized carbons (Fsp3) is 0.400. The molecule has 0 aromatic heterocycles. The average Bonchev–Trinajstić information content (AvgIpc) is 3.49. The summed E-state index contributed by atoms with van der Waals surface area (Å²) >= 11 is 0. The molecule has 2 atom stereocenters. The molecule has 0 bridgehead atoms. The van der Waals surface area contributed by atoms with E-state index < -0.39 is 30.3 Å². The van der Waals surface area contributed by atoms with Crippen LogP contribution in [0, 0.1) is 11.8 Å². The van der Waals surface area contributed by atoms with Crippen molar-refractivity contribution in [2.24, 2.45) is 11.8 Å². The van der Waals surface area contributed by atoms with Gasteiger partial charge in [0.15, 0.2) is 18.1 Å². The highest BCUT2D eigenvalue weighted by atomic mass is 16.7. The molecule has 2 amide bonds. The van der Waals surface area contributed by atoms with Crippen molar-refractivity contribution >= 4 is 29.2 Å². The van der Waals surface area contributed by atoms with E-state index in [9.17, 15) is 14.4 Å². The smallest absolute Gasteiger partial charge is 0.310 e. The maximum atomic E-state index is 13.4. The van der Waals surface area contributed by atoms with Gasteiger partial charge in [-0.15, -0.1) is 0 Å². The lowest BCUT2D eigenvalue weighted by Crippen LogP contribution is -2.42. The Bertz CT molecular complexity index is 1080. The van der Waals surface area contributed by atoms with Gasteiger partial charge in [-0.25, -0.2) is 0 Å². The molecule has 0 spiro atoms. The second kappa shape index (κ2) is 9.13. The zero-order valence-electron chi connectivity index (χ0n) is 18.2. The summed E-state index contributed by atoms with van der Waals surface area (Å²) in [6.45, 7) is 0.375. The van der Waals surface area contributed by atoms with Gasteiger partial charge in [0.2, 0.25) is 12.7 Å². The topological polar surface area (TPSA) is 94.2 Å². The minimum atomic E-state index is -0.530. The monoisotopic (exact) mass is 450 g/mol. The lowest BCUT2D eigenvalue weighted by Gasteiger charge is -2.32. The van der Waals surface area contributed by atoms with Crippen molar-refractivity contribution in [3.05, 3.63) is 48.0 Å². The molecule has 0 radical (unpaired) electrons. The van der Waals surface area contributed by atoms with Gasteiger partial charge in [0.25, 0.3) is 5.91 Å². The number of hydrogen-bond donors (Lipinski definition) is 1. The summed E-state index contributed by atoms with van der Waals surface area (Å²) in [4.78, 5) is 40.4. The fourth-order valence-electron chi connectivity index (χ4n) is 4.89. The number of nitrogens with zero attached hydrogens (tertiary/aromatic N) is 1. The first-order valence-electron chi connectivity index (χ1n) is 11.4. The Labute approximate surface area is 191 Å². The number of para-hydroxylation sites is 1. The molecular weight excluding hydrogens is 424 g/mol. The van der Waals surface area contributed by atoms with E-state index in [1.165, 1.54) is 0 Å². The van der Waals surface area contributed by atoms with E-state index in [0.29, 0.717) is 36.6 Å². The van der Waals surface area contributed by atoms with Gasteiger partial charge in [0.1, 0.15) is 0 Å². The summed E-state index contributed by atoms with van der Waals surface area (Å²) < 4.78 is 15.9. The predicted octanol–water partition coefficient (Wildman–Crippen LogP) is 3.29. The van der Waals surface area contributed by atoms with Crippen LogP contribution in [0.15, 0.2) is 42.5 Å². The molecule has 2 heterocycles. The zero-order valence-corrected chi connectivity index (χ0v) is 18.2. The van der Waals surface area contributed by atoms with Crippen LogP contribution in [-0.4, -0.2) is 37.7 Å². The summed E-state index contributed by atoms with van der Waals surface area (Å²) in [5.41, 5.74) is 2.61. The number of ether oxygens (including phenoxy) is 3. The number of carbonyl (C=O) groups is 3. The number of fused-ring (bicyclic) bond motifs is 2. The van der Waals surface area contributed by atoms with Gasteiger partial charge in [-0.3, -0.25) is 14.4 Å². The van der Waals surface area contributed by atoms with Crippen LogP contribution >= 0.6 is 0 Å². The van der Waals surface area contributed by atoms with Crippen molar-refractivity contribution in [3.8, 4) is 11.5 Å². The van der Waals surface area contributed by atoms with Gasteiger partial charge >= 0.3 is 5.97 Å². The first-order chi connectivity index (χ1) is 16.1. The Morgan fingerprint density at radius 2 is 1.79 bits per heavy atom. The van der Waals surface area contributed by atoms with Crippen LogP contribution in [0.1, 0.15) is 31.2 Å². The summed E-state index contributed by atoms with van der Waals surface area (Å²) in [5.74, 6) is -0.737. The first kappa shape index (κ1) is 21.3. The SMILES string of the molecule is O=C(COC(=O)C1CCCCC1C(=O)N1CCc2ccccc21)Nc1ccc2c(c1)OCO2. The van der Waals surface area contributed by atoms with E-state index in [1.54, 1.807) is 23.1 Å². The third-order valence-corrected chi connectivity index (χ3v) is 6.54. The molecule has 1 N–H and O–H groups in total. The Kier molecular flexibility index (Phi) is 5.90. The van der Waals surface area contributed by atoms with Gasteiger partial charge < -0.3 is 24.4 Å². The highest BCUT2D eigenvalue weighted by Crippen LogP contribution is 2.37. The van der Waals surface area contributed by atoms with Crippen LogP contribution in [0.5, 0.6) is 11.5 Å². The molecule has 2 aliphatic heterocycles. The second-order valence-corrected chi connectivity index (χ2v) is 8.59. The minimum absolute atomic E-state index is 0.0218. The van der Waals surface area contributed by atoms with Crippen LogP contribution in [0.4, 0.5) is 11.4 Å². The quantitative estimate of drug-likeness (QED) is 0.703. The maximum absolute atomic E-state index is 13.4. The Morgan fingerprint density at radius 3 is 2.67 bits per heavy atom. The summed E-state index contributed by atoms with van der Waals surface area (Å²) in [6, 6.07) is 12.9. The molecule has 2 aromatic rings. The number of anilines is 2. The molecule has 1 aliphatic carbocycles. The number of esters is 1. The molecule has 0 saturated heterocycles. The zero-order chi connectivity index (χ0) is 22.8. The fourth-order valence-corrected chi connectivity index (χ4v) is 4.89. The number of hydrogen-bond acceptors (Lipinski definition) is 6. The largest absolute Gasteiger partial charge is 0.455 e. The van der Waals surface area contributed by atoms with Gasteiger partial charge in [0, 0.05) is 24.0 Å². The van der Waals surface area contributed by atoms with Crippen molar-refractivity contribution < 1.29 is 28.6 Å². The molecule has 8 heteroatoms. The molecule has 3 aliphatic rings. The van der Waals surface area contributed by atoms with Crippen LogP contribution < -0.4 is 19.7 Å². The number of benzene rings is 2. The third-order valence-electron chi connectivity index (χ3n) is 6.54. The van der Waals surface area contributed by atoms with Crippen molar-refractivity contribution in [2.45, 2.75) is 32.1 Å². The van der Waals surface area contributed by atoms with Gasteiger partial charge in [-0.1, -0.05) is 31.0 Å². The Balaban J connectivity index is 1.19. The minimum Gasteiger partial charge on any atom is -0.455 e. The normalized spacial score (nSPS) is 20.8. The molecule has 172 valence electrons. The highest BCUT2D eigenvalue weighted by Gasteiger charge is 2.40. The molecular formula is C25H26N2O6.